The third-order valence-electron chi connectivity index (χ3n) is 2.59. The smallest absolute Gasteiger partial charge is 0.303 e. The number of unbranched alkanes of at least 4 members (excludes halogenated alkanes) is 1. The highest BCUT2D eigenvalue weighted by Crippen LogP contribution is 2.12. The zero-order valence-electron chi connectivity index (χ0n) is 12.1. The van der Waals surface area contributed by atoms with Crippen molar-refractivity contribution in [1.29, 1.82) is 0 Å². The van der Waals surface area contributed by atoms with E-state index in [9.17, 15) is 15.0 Å². The lowest BCUT2D eigenvalue weighted by molar-refractivity contribution is -0.137. The van der Waals surface area contributed by atoms with Gasteiger partial charge in [-0.25, -0.2) is 0 Å². The minimum Gasteiger partial charge on any atom is -0.481 e. The Hall–Kier alpha value is -0.870. The first-order chi connectivity index (χ1) is 10.5. The van der Waals surface area contributed by atoms with Gasteiger partial charge in [-0.05, 0) is 42.5 Å². The molecule has 0 saturated carbocycles. The van der Waals surface area contributed by atoms with Gasteiger partial charge >= 0.3 is 5.97 Å². The van der Waals surface area contributed by atoms with E-state index >= 15 is 0 Å². The molecule has 4 nitrogen and oxygen atoms in total. The van der Waals surface area contributed by atoms with Gasteiger partial charge in [0.25, 0.3) is 0 Å². The van der Waals surface area contributed by atoms with Crippen LogP contribution in [0.4, 0.5) is 0 Å². The van der Waals surface area contributed by atoms with Crippen LogP contribution in [-0.4, -0.2) is 33.5 Å². The molecular weight excluding hydrogens is 416 g/mol. The fourth-order valence-electron chi connectivity index (χ4n) is 1.43. The van der Waals surface area contributed by atoms with E-state index in [1.165, 1.54) is 12.2 Å². The maximum atomic E-state index is 10.3. The Bertz CT molecular complexity index is 472. The van der Waals surface area contributed by atoms with Crippen LogP contribution < -0.4 is 0 Å². The molecule has 122 valence electrons. The van der Waals surface area contributed by atoms with E-state index in [0.29, 0.717) is 25.7 Å². The highest BCUT2D eigenvalue weighted by molar-refractivity contribution is 9.12. The molecule has 0 aliphatic carbocycles. The first-order valence-electron chi connectivity index (χ1n) is 6.82. The average molecular weight is 436 g/mol. The average Bonchev–Trinajstić information content (AvgIpc) is 2.45. The van der Waals surface area contributed by atoms with Crippen LogP contribution in [-0.2, 0) is 4.79 Å². The van der Waals surface area contributed by atoms with Gasteiger partial charge < -0.3 is 15.3 Å². The van der Waals surface area contributed by atoms with Crippen molar-refractivity contribution in [2.75, 3.05) is 0 Å². The highest BCUT2D eigenvalue weighted by Gasteiger charge is 2.11. The van der Waals surface area contributed by atoms with Crippen LogP contribution in [0.2, 0.25) is 0 Å². The molecular formula is C16H20Br2O4. The number of aliphatic hydroxyl groups excluding tert-OH is 2. The van der Waals surface area contributed by atoms with Crippen molar-refractivity contribution in [3.05, 3.63) is 33.8 Å². The fourth-order valence-corrected chi connectivity index (χ4v) is 2.43. The molecule has 0 bridgehead atoms. The van der Waals surface area contributed by atoms with Crippen LogP contribution in [0, 0.1) is 11.8 Å². The molecule has 0 amide bonds. The summed E-state index contributed by atoms with van der Waals surface area (Å²) in [5, 5.41) is 28.0. The summed E-state index contributed by atoms with van der Waals surface area (Å²) < 4.78 is 0.897. The van der Waals surface area contributed by atoms with Crippen LogP contribution in [0.3, 0.4) is 0 Å². The Labute approximate surface area is 147 Å². The largest absolute Gasteiger partial charge is 0.481 e. The molecule has 0 aromatic heterocycles. The zero-order valence-corrected chi connectivity index (χ0v) is 15.3. The van der Waals surface area contributed by atoms with E-state index < -0.39 is 18.2 Å². The molecule has 0 heterocycles. The standard InChI is InChI=1S/C16H20Br2O4/c17-12-11-13(18)7-6-9-15(20)14(19)8-4-2-1-3-5-10-16(21)22/h4,7-8,11-12,14-15,19-20H,3,5-6,9-10H2,(H,21,22)/t14-,15+/m1/s1. The predicted molar refractivity (Wildman–Crippen MR) is 94.7 cm³/mol. The number of hydrogen-bond acceptors (Lipinski definition) is 3. The van der Waals surface area contributed by atoms with Crippen LogP contribution in [0.1, 0.15) is 32.1 Å². The molecule has 0 spiro atoms. The number of aliphatic carboxylic acids is 1. The van der Waals surface area contributed by atoms with Gasteiger partial charge in [0.05, 0.1) is 12.2 Å². The van der Waals surface area contributed by atoms with Crippen molar-refractivity contribution in [2.24, 2.45) is 0 Å². The van der Waals surface area contributed by atoms with Crippen LogP contribution in [0.5, 0.6) is 0 Å². The summed E-state index contributed by atoms with van der Waals surface area (Å²) in [5.74, 6) is 4.66. The Balaban J connectivity index is 4.01. The van der Waals surface area contributed by atoms with Crippen molar-refractivity contribution >= 4 is 37.8 Å². The van der Waals surface area contributed by atoms with Crippen molar-refractivity contribution < 1.29 is 20.1 Å². The number of carboxylic acid groups (broad SMARTS) is 1. The van der Waals surface area contributed by atoms with E-state index in [2.05, 4.69) is 43.7 Å². The van der Waals surface area contributed by atoms with Crippen molar-refractivity contribution in [3.8, 4) is 11.8 Å². The van der Waals surface area contributed by atoms with Gasteiger partial charge in [0.15, 0.2) is 0 Å². The molecule has 6 heteroatoms. The van der Waals surface area contributed by atoms with Gasteiger partial charge in [0.2, 0.25) is 0 Å². The lowest BCUT2D eigenvalue weighted by Gasteiger charge is -2.12. The van der Waals surface area contributed by atoms with Crippen LogP contribution in [0.15, 0.2) is 33.8 Å². The minimum atomic E-state index is -0.966. The second-order valence-corrected chi connectivity index (χ2v) is 5.89. The normalized spacial score (nSPS) is 14.8. The van der Waals surface area contributed by atoms with E-state index in [1.807, 2.05) is 12.2 Å². The van der Waals surface area contributed by atoms with Crippen molar-refractivity contribution in [2.45, 2.75) is 44.3 Å². The molecule has 0 fully saturated rings. The van der Waals surface area contributed by atoms with Crippen molar-refractivity contribution in [3.63, 3.8) is 0 Å². The molecule has 0 aromatic rings. The van der Waals surface area contributed by atoms with Gasteiger partial charge in [-0.2, -0.15) is 0 Å². The van der Waals surface area contributed by atoms with Gasteiger partial charge in [0.1, 0.15) is 0 Å². The molecule has 0 radical (unpaired) electrons. The Kier molecular flexibility index (Phi) is 13.2. The molecule has 0 unspecified atom stereocenters. The van der Waals surface area contributed by atoms with Crippen LogP contribution in [0.25, 0.3) is 0 Å². The van der Waals surface area contributed by atoms with E-state index in [0.717, 1.165) is 4.48 Å². The number of aliphatic hydroxyl groups is 2. The van der Waals surface area contributed by atoms with E-state index in [4.69, 9.17) is 5.11 Å². The summed E-state index contributed by atoms with van der Waals surface area (Å²) in [6.07, 6.45) is 6.99. The molecule has 0 aliphatic rings. The minimum absolute atomic E-state index is 0.104. The number of carbonyl (C=O) groups is 1. The Morgan fingerprint density at radius 3 is 2.68 bits per heavy atom. The maximum absolute atomic E-state index is 10.3. The second kappa shape index (κ2) is 13.8. The summed E-state index contributed by atoms with van der Waals surface area (Å²) >= 11 is 6.50. The van der Waals surface area contributed by atoms with Crippen molar-refractivity contribution in [1.82, 2.24) is 0 Å². The first kappa shape index (κ1) is 21.1. The molecule has 3 N–H and O–H groups in total. The van der Waals surface area contributed by atoms with Crippen LogP contribution >= 0.6 is 31.9 Å². The summed E-state index contributed by atoms with van der Waals surface area (Å²) in [6, 6.07) is 0. The molecule has 2 atom stereocenters. The number of allylic oxidation sites excluding steroid dienone is 4. The molecule has 0 rings (SSSR count). The van der Waals surface area contributed by atoms with Gasteiger partial charge in [-0.3, -0.25) is 4.79 Å². The van der Waals surface area contributed by atoms with E-state index in [-0.39, 0.29) is 6.42 Å². The maximum Gasteiger partial charge on any atom is 0.303 e. The Morgan fingerprint density at radius 2 is 2.05 bits per heavy atom. The summed E-state index contributed by atoms with van der Waals surface area (Å²) in [7, 11) is 0. The number of rotatable bonds is 9. The predicted octanol–water partition coefficient (Wildman–Crippen LogP) is 3.49. The first-order valence-corrected chi connectivity index (χ1v) is 8.53. The lowest BCUT2D eigenvalue weighted by Crippen LogP contribution is -2.23. The van der Waals surface area contributed by atoms with E-state index in [1.54, 1.807) is 4.99 Å². The quantitative estimate of drug-likeness (QED) is 0.294. The summed E-state index contributed by atoms with van der Waals surface area (Å²) in [5.41, 5.74) is 0. The molecule has 0 aromatic carbocycles. The lowest BCUT2D eigenvalue weighted by atomic mass is 10.1. The molecule has 0 aliphatic heterocycles. The number of carboxylic acids is 1. The monoisotopic (exact) mass is 434 g/mol. The molecule has 22 heavy (non-hydrogen) atoms. The van der Waals surface area contributed by atoms with Gasteiger partial charge in [0, 0.05) is 17.3 Å². The van der Waals surface area contributed by atoms with Gasteiger partial charge in [-0.1, -0.05) is 49.8 Å². The summed E-state index contributed by atoms with van der Waals surface area (Å²) in [6.45, 7) is 0. The van der Waals surface area contributed by atoms with Gasteiger partial charge in [-0.15, -0.1) is 0 Å². The third kappa shape index (κ3) is 12.8. The number of hydrogen-bond donors (Lipinski definition) is 3. The Morgan fingerprint density at radius 1 is 1.32 bits per heavy atom. The SMILES string of the molecule is O=C(O)CCCC#CC=C[C@@H](O)[C@@H](O)CCC=C(Br)C=CBr. The highest BCUT2D eigenvalue weighted by atomic mass is 79.9. The summed E-state index contributed by atoms with van der Waals surface area (Å²) in [4.78, 5) is 12.0. The number of halogens is 2. The zero-order chi connectivity index (χ0) is 16.8. The topological polar surface area (TPSA) is 77.8 Å². The molecule has 0 saturated heterocycles. The third-order valence-corrected chi connectivity index (χ3v) is 3.44. The fraction of sp³-hybridized carbons (Fsp3) is 0.438. The second-order valence-electron chi connectivity index (χ2n) is 4.44.